The van der Waals surface area contributed by atoms with E-state index in [4.69, 9.17) is 11.1 Å². The monoisotopic (exact) mass is 343 g/mol. The maximum Gasteiger partial charge on any atom is 0.178 e. The van der Waals surface area contributed by atoms with Crippen LogP contribution in [0.3, 0.4) is 0 Å². The summed E-state index contributed by atoms with van der Waals surface area (Å²) >= 11 is 3.23. The highest BCUT2D eigenvalue weighted by Crippen LogP contribution is 2.18. The first-order valence-electron chi connectivity index (χ1n) is 5.04. The highest BCUT2D eigenvalue weighted by Gasteiger charge is 2.15. The molecule has 2 aromatic rings. The van der Waals surface area contributed by atoms with Crippen molar-refractivity contribution in [1.82, 2.24) is 14.8 Å². The second-order valence-electron chi connectivity index (χ2n) is 3.83. The van der Waals surface area contributed by atoms with Crippen LogP contribution in [-0.4, -0.2) is 35.3 Å². The predicted molar refractivity (Wildman–Crippen MR) is 73.2 cm³/mol. The Labute approximate surface area is 118 Å². The van der Waals surface area contributed by atoms with E-state index in [1.807, 2.05) is 0 Å². The Kier molecular flexibility index (Phi) is 3.42. The molecule has 0 atom stereocenters. The van der Waals surface area contributed by atoms with Gasteiger partial charge in [0, 0.05) is 16.9 Å². The molecule has 19 heavy (non-hydrogen) atoms. The Hall–Kier alpha value is -1.74. The number of nitrogens with zero attached hydrogens (tertiary/aromatic N) is 3. The van der Waals surface area contributed by atoms with Crippen LogP contribution in [0.2, 0.25) is 0 Å². The summed E-state index contributed by atoms with van der Waals surface area (Å²) in [6.07, 6.45) is 5.17. The normalized spacial score (nSPS) is 11.5. The van der Waals surface area contributed by atoms with E-state index in [9.17, 15) is 8.42 Å². The van der Waals surface area contributed by atoms with E-state index in [1.54, 1.807) is 6.07 Å². The lowest BCUT2D eigenvalue weighted by molar-refractivity contribution is 0.602. The van der Waals surface area contributed by atoms with Crippen molar-refractivity contribution in [2.24, 2.45) is 5.73 Å². The van der Waals surface area contributed by atoms with Crippen molar-refractivity contribution in [1.29, 1.82) is 5.41 Å². The average molecular weight is 344 g/mol. The zero-order valence-corrected chi connectivity index (χ0v) is 12.2. The molecule has 100 valence electrons. The molecule has 0 aliphatic carbocycles. The smallest absolute Gasteiger partial charge is 0.178 e. The Morgan fingerprint density at radius 3 is 2.68 bits per heavy atom. The first kappa shape index (κ1) is 13.7. The quantitative estimate of drug-likeness (QED) is 0.629. The standard InChI is InChI=1S/C10H10BrN5O2S/c1-19(17,18)7-4-15-16(5-7)10-8(9(12)13)2-6(11)3-14-10/h2-5H,1H3,(H3,12,13). The molecule has 0 aliphatic rings. The SMILES string of the molecule is CS(=O)(=O)c1cnn(-c2ncc(Br)cc2C(=N)N)c1. The summed E-state index contributed by atoms with van der Waals surface area (Å²) < 4.78 is 24.7. The van der Waals surface area contributed by atoms with Crippen molar-refractivity contribution in [2.75, 3.05) is 6.26 Å². The van der Waals surface area contributed by atoms with Crippen molar-refractivity contribution < 1.29 is 8.42 Å². The number of sulfone groups is 1. The molecule has 0 bridgehead atoms. The van der Waals surface area contributed by atoms with Crippen molar-refractivity contribution in [3.63, 3.8) is 0 Å². The molecule has 2 rings (SSSR count). The molecular formula is C10H10BrN5O2S. The van der Waals surface area contributed by atoms with Gasteiger partial charge in [-0.15, -0.1) is 0 Å². The van der Waals surface area contributed by atoms with E-state index in [1.165, 1.54) is 23.3 Å². The Bertz CT molecular complexity index is 753. The van der Waals surface area contributed by atoms with Gasteiger partial charge in [0.05, 0.1) is 18.0 Å². The maximum absolute atomic E-state index is 11.4. The van der Waals surface area contributed by atoms with Crippen LogP contribution in [0.4, 0.5) is 0 Å². The second-order valence-corrected chi connectivity index (χ2v) is 6.76. The van der Waals surface area contributed by atoms with Crippen LogP contribution in [0.15, 0.2) is 34.0 Å². The van der Waals surface area contributed by atoms with Crippen molar-refractivity contribution in [2.45, 2.75) is 4.90 Å². The molecule has 7 nitrogen and oxygen atoms in total. The summed E-state index contributed by atoms with van der Waals surface area (Å²) in [5, 5.41) is 11.4. The van der Waals surface area contributed by atoms with Gasteiger partial charge in [-0.3, -0.25) is 5.41 Å². The Morgan fingerprint density at radius 1 is 1.47 bits per heavy atom. The van der Waals surface area contributed by atoms with Crippen LogP contribution in [-0.2, 0) is 9.84 Å². The van der Waals surface area contributed by atoms with E-state index in [0.29, 0.717) is 15.9 Å². The van der Waals surface area contributed by atoms with Gasteiger partial charge >= 0.3 is 0 Å². The molecule has 3 N–H and O–H groups in total. The van der Waals surface area contributed by atoms with Crippen LogP contribution < -0.4 is 5.73 Å². The fourth-order valence-corrected chi connectivity index (χ4v) is 2.29. The van der Waals surface area contributed by atoms with E-state index in [0.717, 1.165) is 6.26 Å². The lowest BCUT2D eigenvalue weighted by Crippen LogP contribution is -2.16. The van der Waals surface area contributed by atoms with Crippen molar-refractivity contribution >= 4 is 31.6 Å². The van der Waals surface area contributed by atoms with Crippen LogP contribution in [0.5, 0.6) is 0 Å². The number of hydrogen-bond donors (Lipinski definition) is 2. The fourth-order valence-electron chi connectivity index (χ4n) is 1.43. The molecule has 0 saturated heterocycles. The van der Waals surface area contributed by atoms with Crippen molar-refractivity contribution in [3.8, 4) is 5.82 Å². The van der Waals surface area contributed by atoms with Crippen molar-refractivity contribution in [3.05, 3.63) is 34.7 Å². The zero-order valence-electron chi connectivity index (χ0n) is 9.83. The molecular weight excluding hydrogens is 334 g/mol. The summed E-state index contributed by atoms with van der Waals surface area (Å²) in [4.78, 5) is 4.18. The fraction of sp³-hybridized carbons (Fsp3) is 0.100. The second kappa shape index (κ2) is 4.74. The van der Waals surface area contributed by atoms with Gasteiger partial charge in [0.25, 0.3) is 0 Å². The van der Waals surface area contributed by atoms with Gasteiger partial charge in [0.15, 0.2) is 15.7 Å². The minimum Gasteiger partial charge on any atom is -0.384 e. The number of nitrogens with one attached hydrogen (secondary N) is 1. The molecule has 0 amide bonds. The van der Waals surface area contributed by atoms with Crippen LogP contribution >= 0.6 is 15.9 Å². The average Bonchev–Trinajstić information content (AvgIpc) is 2.77. The molecule has 0 spiro atoms. The van der Waals surface area contributed by atoms with Gasteiger partial charge in [-0.25, -0.2) is 18.1 Å². The maximum atomic E-state index is 11.4. The molecule has 0 fully saturated rings. The lowest BCUT2D eigenvalue weighted by Gasteiger charge is -2.07. The summed E-state index contributed by atoms with van der Waals surface area (Å²) in [7, 11) is -3.34. The summed E-state index contributed by atoms with van der Waals surface area (Å²) in [6.45, 7) is 0. The number of halogens is 1. The van der Waals surface area contributed by atoms with Gasteiger partial charge in [-0.1, -0.05) is 0 Å². The van der Waals surface area contributed by atoms with Crippen LogP contribution in [0.25, 0.3) is 5.82 Å². The molecule has 0 radical (unpaired) electrons. The number of nitrogens with two attached hydrogens (primary N) is 1. The van der Waals surface area contributed by atoms with Gasteiger partial charge in [-0.05, 0) is 22.0 Å². The van der Waals surface area contributed by atoms with E-state index < -0.39 is 9.84 Å². The largest absolute Gasteiger partial charge is 0.384 e. The third kappa shape index (κ3) is 2.82. The molecule has 0 saturated carbocycles. The molecule has 2 aromatic heterocycles. The molecule has 0 aromatic carbocycles. The van der Waals surface area contributed by atoms with E-state index in [-0.39, 0.29) is 10.7 Å². The van der Waals surface area contributed by atoms with Crippen LogP contribution in [0.1, 0.15) is 5.56 Å². The predicted octanol–water partition coefficient (Wildman–Crippen LogP) is 0.717. The number of pyridine rings is 1. The Morgan fingerprint density at radius 2 is 2.16 bits per heavy atom. The minimum absolute atomic E-state index is 0.0757. The number of rotatable bonds is 3. The molecule has 2 heterocycles. The number of nitrogen functional groups attached to an aromatic ring is 1. The number of amidine groups is 1. The number of hydrogen-bond acceptors (Lipinski definition) is 5. The van der Waals surface area contributed by atoms with Crippen LogP contribution in [0, 0.1) is 5.41 Å². The molecule has 0 aliphatic heterocycles. The van der Waals surface area contributed by atoms with Gasteiger partial charge in [0.1, 0.15) is 10.7 Å². The molecule has 9 heteroatoms. The molecule has 0 unspecified atom stereocenters. The Balaban J connectivity index is 2.60. The zero-order chi connectivity index (χ0) is 14.2. The summed E-state index contributed by atoms with van der Waals surface area (Å²) in [5.41, 5.74) is 5.84. The highest BCUT2D eigenvalue weighted by molar-refractivity contribution is 9.10. The third-order valence-electron chi connectivity index (χ3n) is 2.33. The lowest BCUT2D eigenvalue weighted by atomic mass is 10.2. The third-order valence-corrected chi connectivity index (χ3v) is 3.83. The topological polar surface area (TPSA) is 115 Å². The summed E-state index contributed by atoms with van der Waals surface area (Å²) in [5.74, 6) is 0.116. The van der Waals surface area contributed by atoms with Gasteiger partial charge < -0.3 is 5.73 Å². The highest BCUT2D eigenvalue weighted by atomic mass is 79.9. The van der Waals surface area contributed by atoms with Gasteiger partial charge in [-0.2, -0.15) is 5.10 Å². The summed E-state index contributed by atoms with van der Waals surface area (Å²) in [6, 6.07) is 1.62. The first-order chi connectivity index (χ1) is 8.79. The first-order valence-corrected chi connectivity index (χ1v) is 7.72. The minimum atomic E-state index is -3.34. The van der Waals surface area contributed by atoms with Gasteiger partial charge in [0.2, 0.25) is 0 Å². The van der Waals surface area contributed by atoms with E-state index in [2.05, 4.69) is 26.0 Å². The van der Waals surface area contributed by atoms with E-state index >= 15 is 0 Å². The number of aromatic nitrogens is 3.